The van der Waals surface area contributed by atoms with Crippen molar-refractivity contribution in [2.24, 2.45) is 5.84 Å². The van der Waals surface area contributed by atoms with Gasteiger partial charge in [-0.3, -0.25) is 0 Å². The van der Waals surface area contributed by atoms with Crippen LogP contribution in [0.1, 0.15) is 31.7 Å². The number of aliphatic hydroxyl groups is 1. The van der Waals surface area contributed by atoms with E-state index < -0.39 is 0 Å². The SMILES string of the molecule is CCCc1nc(NN)c(C)c(SC(C)CO)n1. The zero-order valence-electron chi connectivity index (χ0n) is 10.5. The molecule has 1 heterocycles. The lowest BCUT2D eigenvalue weighted by Crippen LogP contribution is -2.14. The van der Waals surface area contributed by atoms with Gasteiger partial charge in [-0.25, -0.2) is 15.8 Å². The number of hydrogen-bond donors (Lipinski definition) is 3. The van der Waals surface area contributed by atoms with Gasteiger partial charge in [-0.2, -0.15) is 0 Å². The smallest absolute Gasteiger partial charge is 0.147 e. The topological polar surface area (TPSA) is 84.1 Å². The molecule has 1 unspecified atom stereocenters. The van der Waals surface area contributed by atoms with Gasteiger partial charge in [0.25, 0.3) is 0 Å². The van der Waals surface area contributed by atoms with E-state index in [2.05, 4.69) is 22.3 Å². The maximum atomic E-state index is 9.08. The Morgan fingerprint density at radius 3 is 2.71 bits per heavy atom. The molecule has 1 atom stereocenters. The lowest BCUT2D eigenvalue weighted by atomic mass is 10.3. The first-order valence-electron chi connectivity index (χ1n) is 5.74. The van der Waals surface area contributed by atoms with Gasteiger partial charge >= 0.3 is 0 Å². The van der Waals surface area contributed by atoms with Crippen molar-refractivity contribution in [3.63, 3.8) is 0 Å². The van der Waals surface area contributed by atoms with Gasteiger partial charge in [-0.15, -0.1) is 11.8 Å². The van der Waals surface area contributed by atoms with Gasteiger partial charge in [0.1, 0.15) is 16.7 Å². The third-order valence-corrected chi connectivity index (χ3v) is 3.50. The highest BCUT2D eigenvalue weighted by molar-refractivity contribution is 7.99. The second-order valence-corrected chi connectivity index (χ2v) is 5.35. The van der Waals surface area contributed by atoms with Gasteiger partial charge in [0, 0.05) is 17.2 Å². The molecular formula is C11H20N4OS. The molecule has 0 aromatic carbocycles. The van der Waals surface area contributed by atoms with E-state index in [1.165, 1.54) is 0 Å². The fraction of sp³-hybridized carbons (Fsp3) is 0.636. The van der Waals surface area contributed by atoms with Gasteiger partial charge < -0.3 is 10.5 Å². The summed E-state index contributed by atoms with van der Waals surface area (Å²) in [4.78, 5) is 8.85. The molecule has 0 amide bonds. The van der Waals surface area contributed by atoms with Crippen LogP contribution in [0.15, 0.2) is 5.03 Å². The second kappa shape index (κ2) is 6.78. The number of nitrogens with one attached hydrogen (secondary N) is 1. The molecule has 96 valence electrons. The van der Waals surface area contributed by atoms with Crippen LogP contribution in [0.25, 0.3) is 0 Å². The molecule has 0 saturated heterocycles. The summed E-state index contributed by atoms with van der Waals surface area (Å²) >= 11 is 1.54. The minimum Gasteiger partial charge on any atom is -0.395 e. The van der Waals surface area contributed by atoms with Crippen molar-refractivity contribution in [3.05, 3.63) is 11.4 Å². The molecule has 6 heteroatoms. The van der Waals surface area contributed by atoms with E-state index in [9.17, 15) is 0 Å². The van der Waals surface area contributed by atoms with Crippen molar-refractivity contribution in [3.8, 4) is 0 Å². The number of hydrazine groups is 1. The maximum Gasteiger partial charge on any atom is 0.147 e. The Morgan fingerprint density at radius 2 is 2.18 bits per heavy atom. The molecule has 5 nitrogen and oxygen atoms in total. The van der Waals surface area contributed by atoms with Gasteiger partial charge in [0.05, 0.1) is 6.61 Å². The van der Waals surface area contributed by atoms with Crippen LogP contribution in [0, 0.1) is 6.92 Å². The molecule has 0 spiro atoms. The average Bonchev–Trinajstić information content (AvgIpc) is 2.33. The number of nitrogens with two attached hydrogens (primary N) is 1. The Bertz CT molecular complexity index is 373. The van der Waals surface area contributed by atoms with Crippen LogP contribution in [0.2, 0.25) is 0 Å². The van der Waals surface area contributed by atoms with E-state index in [4.69, 9.17) is 10.9 Å². The number of aryl methyl sites for hydroxylation is 1. The summed E-state index contributed by atoms with van der Waals surface area (Å²) in [6, 6.07) is 0. The third kappa shape index (κ3) is 3.83. The summed E-state index contributed by atoms with van der Waals surface area (Å²) in [6.45, 7) is 6.10. The first-order valence-corrected chi connectivity index (χ1v) is 6.62. The van der Waals surface area contributed by atoms with Gasteiger partial charge in [-0.05, 0) is 13.3 Å². The molecule has 0 saturated carbocycles. The zero-order valence-corrected chi connectivity index (χ0v) is 11.3. The Balaban J connectivity index is 3.04. The molecule has 17 heavy (non-hydrogen) atoms. The normalized spacial score (nSPS) is 12.5. The van der Waals surface area contributed by atoms with E-state index in [0.717, 1.165) is 29.3 Å². The lowest BCUT2D eigenvalue weighted by Gasteiger charge is -2.13. The van der Waals surface area contributed by atoms with Crippen molar-refractivity contribution in [2.75, 3.05) is 12.0 Å². The number of aromatic nitrogens is 2. The molecular weight excluding hydrogens is 236 g/mol. The summed E-state index contributed by atoms with van der Waals surface area (Å²) in [5.74, 6) is 6.90. The monoisotopic (exact) mass is 256 g/mol. The fourth-order valence-corrected chi connectivity index (χ4v) is 2.25. The van der Waals surface area contributed by atoms with Crippen LogP contribution in [-0.4, -0.2) is 26.9 Å². The molecule has 1 aromatic rings. The Hall–Kier alpha value is -0.850. The minimum absolute atomic E-state index is 0.115. The second-order valence-electron chi connectivity index (χ2n) is 3.92. The summed E-state index contributed by atoms with van der Waals surface area (Å²) in [6.07, 6.45) is 1.82. The summed E-state index contributed by atoms with van der Waals surface area (Å²) in [7, 11) is 0. The molecule has 0 fully saturated rings. The van der Waals surface area contributed by atoms with Gasteiger partial charge in [-0.1, -0.05) is 13.8 Å². The number of anilines is 1. The van der Waals surface area contributed by atoms with Crippen molar-refractivity contribution in [1.82, 2.24) is 9.97 Å². The largest absolute Gasteiger partial charge is 0.395 e. The van der Waals surface area contributed by atoms with Crippen LogP contribution < -0.4 is 11.3 Å². The Morgan fingerprint density at radius 1 is 1.47 bits per heavy atom. The van der Waals surface area contributed by atoms with E-state index in [1.807, 2.05) is 13.8 Å². The van der Waals surface area contributed by atoms with Crippen LogP contribution in [0.4, 0.5) is 5.82 Å². The highest BCUT2D eigenvalue weighted by Crippen LogP contribution is 2.27. The number of hydrogen-bond acceptors (Lipinski definition) is 6. The molecule has 0 aliphatic carbocycles. The Kier molecular flexibility index (Phi) is 5.67. The van der Waals surface area contributed by atoms with Crippen molar-refractivity contribution < 1.29 is 5.11 Å². The highest BCUT2D eigenvalue weighted by atomic mass is 32.2. The lowest BCUT2D eigenvalue weighted by molar-refractivity contribution is 0.300. The van der Waals surface area contributed by atoms with Gasteiger partial charge in [0.15, 0.2) is 0 Å². The number of nitrogens with zero attached hydrogens (tertiary/aromatic N) is 2. The van der Waals surface area contributed by atoms with Crippen molar-refractivity contribution in [2.45, 2.75) is 43.9 Å². The molecule has 0 aliphatic rings. The summed E-state index contributed by atoms with van der Waals surface area (Å²) in [5, 5.41) is 10.1. The standard InChI is InChI=1S/C11H20N4OS/c1-4-5-9-13-10(15-12)8(3)11(14-9)17-7(2)6-16/h7,16H,4-6,12H2,1-3H3,(H,13,14,15). The van der Waals surface area contributed by atoms with E-state index in [1.54, 1.807) is 11.8 Å². The highest BCUT2D eigenvalue weighted by Gasteiger charge is 2.13. The van der Waals surface area contributed by atoms with Crippen LogP contribution in [0.5, 0.6) is 0 Å². The van der Waals surface area contributed by atoms with Crippen molar-refractivity contribution >= 4 is 17.6 Å². The van der Waals surface area contributed by atoms with Crippen LogP contribution in [0.3, 0.4) is 0 Å². The van der Waals surface area contributed by atoms with Crippen LogP contribution >= 0.6 is 11.8 Å². The predicted molar refractivity (Wildman–Crippen MR) is 71.0 cm³/mol. The summed E-state index contributed by atoms with van der Waals surface area (Å²) in [5.41, 5.74) is 3.53. The van der Waals surface area contributed by atoms with E-state index in [0.29, 0.717) is 5.82 Å². The molecule has 1 aromatic heterocycles. The average molecular weight is 256 g/mol. The Labute approximate surface area is 106 Å². The minimum atomic E-state index is 0.115. The number of rotatable bonds is 6. The molecule has 0 bridgehead atoms. The molecule has 0 radical (unpaired) electrons. The van der Waals surface area contributed by atoms with E-state index >= 15 is 0 Å². The first kappa shape index (κ1) is 14.2. The predicted octanol–water partition coefficient (Wildman–Crippen LogP) is 1.50. The zero-order chi connectivity index (χ0) is 12.8. The number of thioether (sulfide) groups is 1. The maximum absolute atomic E-state index is 9.08. The number of nitrogen functional groups attached to an aromatic ring is 1. The van der Waals surface area contributed by atoms with E-state index in [-0.39, 0.29) is 11.9 Å². The molecule has 1 rings (SSSR count). The first-order chi connectivity index (χ1) is 8.12. The van der Waals surface area contributed by atoms with Gasteiger partial charge in [0.2, 0.25) is 0 Å². The molecule has 4 N–H and O–H groups in total. The number of aliphatic hydroxyl groups excluding tert-OH is 1. The van der Waals surface area contributed by atoms with Crippen LogP contribution in [-0.2, 0) is 6.42 Å². The summed E-state index contributed by atoms with van der Waals surface area (Å²) < 4.78 is 0. The molecule has 0 aliphatic heterocycles. The van der Waals surface area contributed by atoms with Crippen molar-refractivity contribution in [1.29, 1.82) is 0 Å². The third-order valence-electron chi connectivity index (χ3n) is 2.33. The fourth-order valence-electron chi connectivity index (χ4n) is 1.36. The quantitative estimate of drug-likeness (QED) is 0.309.